The van der Waals surface area contributed by atoms with Crippen LogP contribution in [0.4, 0.5) is 0 Å². The third-order valence-electron chi connectivity index (χ3n) is 0. The van der Waals surface area contributed by atoms with E-state index in [0.717, 1.165) is 0 Å². The molecule has 0 aliphatic rings. The Morgan fingerprint density at radius 1 is 0.600 bits per heavy atom. The van der Waals surface area contributed by atoms with Crippen molar-refractivity contribution >= 4 is 27.3 Å². The Hall–Kier alpha value is 1.65. The van der Waals surface area contributed by atoms with Gasteiger partial charge in [-0.3, -0.25) is 0 Å². The van der Waals surface area contributed by atoms with E-state index in [-0.39, 0.29) is 73.6 Å². The SMILES string of the molecule is C.C.C.[I-].[Pb]. The minimum absolute atomic E-state index is 0. The second-order valence-corrected chi connectivity index (χ2v) is 0. The van der Waals surface area contributed by atoms with Crippen LogP contribution in [0.5, 0.6) is 0 Å². The first-order valence-corrected chi connectivity index (χ1v) is 0. The summed E-state index contributed by atoms with van der Waals surface area (Å²) in [6.07, 6.45) is 0. The van der Waals surface area contributed by atoms with Crippen molar-refractivity contribution in [3.63, 3.8) is 0 Å². The third-order valence-corrected chi connectivity index (χ3v) is 0. The second kappa shape index (κ2) is 44.8. The van der Waals surface area contributed by atoms with Gasteiger partial charge in [-0.2, -0.15) is 0 Å². The molecule has 0 N–H and O–H groups in total. The van der Waals surface area contributed by atoms with Crippen LogP contribution in [-0.2, 0) is 0 Å². The van der Waals surface area contributed by atoms with E-state index in [1.54, 1.807) is 0 Å². The molecule has 0 aromatic heterocycles. The third kappa shape index (κ3) is 27.6. The van der Waals surface area contributed by atoms with Gasteiger partial charge in [-0.15, -0.1) is 0 Å². The zero-order chi connectivity index (χ0) is 0. The van der Waals surface area contributed by atoms with Gasteiger partial charge in [0.25, 0.3) is 0 Å². The van der Waals surface area contributed by atoms with E-state index < -0.39 is 0 Å². The molecular weight excluding hydrogens is 370 g/mol. The summed E-state index contributed by atoms with van der Waals surface area (Å²) in [7, 11) is 0. The maximum Gasteiger partial charge on any atom is 0 e. The summed E-state index contributed by atoms with van der Waals surface area (Å²) >= 11 is 0. The van der Waals surface area contributed by atoms with Gasteiger partial charge in [-0.25, -0.2) is 0 Å². The summed E-state index contributed by atoms with van der Waals surface area (Å²) in [6, 6.07) is 0. The van der Waals surface area contributed by atoms with Crippen LogP contribution in [0.15, 0.2) is 0 Å². The molecule has 0 aliphatic carbocycles. The molecule has 0 aromatic carbocycles. The zero-order valence-electron chi connectivity index (χ0n) is 0.878. The molecule has 0 spiro atoms. The summed E-state index contributed by atoms with van der Waals surface area (Å²) in [6.45, 7) is 0. The van der Waals surface area contributed by atoms with Gasteiger partial charge in [-0.05, 0) is 0 Å². The predicted octanol–water partition coefficient (Wildman–Crippen LogP) is -1.47. The van der Waals surface area contributed by atoms with Crippen molar-refractivity contribution < 1.29 is 24.0 Å². The van der Waals surface area contributed by atoms with Crippen LogP contribution in [-0.4, -0.2) is 27.3 Å². The maximum absolute atomic E-state index is 0. The Bertz CT molecular complexity index is 6.85. The van der Waals surface area contributed by atoms with Gasteiger partial charge in [0.1, 0.15) is 0 Å². The molecule has 0 unspecified atom stereocenters. The Balaban J connectivity index is 0. The number of hydrogen-bond acceptors (Lipinski definition) is 0. The van der Waals surface area contributed by atoms with Crippen molar-refractivity contribution in [3.05, 3.63) is 0 Å². The topological polar surface area (TPSA) is 0 Å². The van der Waals surface area contributed by atoms with Crippen LogP contribution in [0.2, 0.25) is 0 Å². The minimum atomic E-state index is 0. The fourth-order valence-corrected chi connectivity index (χ4v) is 0. The van der Waals surface area contributed by atoms with Gasteiger partial charge in [0, 0.05) is 27.3 Å². The van der Waals surface area contributed by atoms with Crippen molar-refractivity contribution in [1.82, 2.24) is 0 Å². The molecule has 0 fully saturated rings. The van der Waals surface area contributed by atoms with Crippen LogP contribution >= 0.6 is 0 Å². The average Bonchev–Trinajstić information content (AvgIpc) is 0. The maximum atomic E-state index is 0. The molecule has 0 aromatic rings. The van der Waals surface area contributed by atoms with Crippen LogP contribution < -0.4 is 24.0 Å². The van der Waals surface area contributed by atoms with Crippen LogP contribution in [0.3, 0.4) is 0 Å². The van der Waals surface area contributed by atoms with Gasteiger partial charge in [-0.1, -0.05) is 22.3 Å². The Morgan fingerprint density at radius 3 is 0.600 bits per heavy atom. The van der Waals surface area contributed by atoms with E-state index in [1.807, 2.05) is 0 Å². The van der Waals surface area contributed by atoms with E-state index in [9.17, 15) is 0 Å². The van der Waals surface area contributed by atoms with Crippen LogP contribution in [0.1, 0.15) is 22.3 Å². The molecule has 5 heavy (non-hydrogen) atoms. The van der Waals surface area contributed by atoms with Crippen molar-refractivity contribution in [1.29, 1.82) is 0 Å². The Morgan fingerprint density at radius 2 is 0.600 bits per heavy atom. The first-order valence-electron chi connectivity index (χ1n) is 0. The summed E-state index contributed by atoms with van der Waals surface area (Å²) in [5.41, 5.74) is 0. The quantitative estimate of drug-likeness (QED) is 0.355. The monoisotopic (exact) mass is 383 g/mol. The van der Waals surface area contributed by atoms with Crippen molar-refractivity contribution in [2.24, 2.45) is 0 Å². The van der Waals surface area contributed by atoms with E-state index in [1.165, 1.54) is 0 Å². The van der Waals surface area contributed by atoms with Gasteiger partial charge in [0.15, 0.2) is 0 Å². The van der Waals surface area contributed by atoms with Crippen molar-refractivity contribution in [2.45, 2.75) is 22.3 Å². The molecule has 0 amide bonds. The molecular formula is C3H12IPb-. The summed E-state index contributed by atoms with van der Waals surface area (Å²) in [4.78, 5) is 0. The Labute approximate surface area is 72.9 Å². The van der Waals surface area contributed by atoms with Gasteiger partial charge in [0.2, 0.25) is 0 Å². The average molecular weight is 382 g/mol. The molecule has 0 nitrogen and oxygen atoms in total. The summed E-state index contributed by atoms with van der Waals surface area (Å²) in [5, 5.41) is 0. The first-order chi connectivity index (χ1) is 0. The predicted molar refractivity (Wildman–Crippen MR) is 25.9 cm³/mol. The van der Waals surface area contributed by atoms with Crippen LogP contribution in [0.25, 0.3) is 0 Å². The van der Waals surface area contributed by atoms with Gasteiger partial charge < -0.3 is 24.0 Å². The minimum Gasteiger partial charge on any atom is -1.00 e. The molecule has 0 saturated heterocycles. The smallest absolute Gasteiger partial charge is 0 e. The molecule has 0 aliphatic heterocycles. The molecule has 2 heteroatoms. The van der Waals surface area contributed by atoms with Crippen molar-refractivity contribution in [3.8, 4) is 0 Å². The molecule has 36 valence electrons. The summed E-state index contributed by atoms with van der Waals surface area (Å²) in [5.74, 6) is 0. The van der Waals surface area contributed by atoms with E-state index >= 15 is 0 Å². The molecule has 0 heterocycles. The number of hydrogen-bond donors (Lipinski definition) is 0. The molecule has 0 rings (SSSR count). The number of rotatable bonds is 0. The van der Waals surface area contributed by atoms with Crippen molar-refractivity contribution in [2.75, 3.05) is 0 Å². The first kappa shape index (κ1) is 77.9. The standard InChI is InChI=1S/3CH4.HI.Pb/h3*1H4;1H;/p-1. The summed E-state index contributed by atoms with van der Waals surface area (Å²) < 4.78 is 0. The molecule has 0 atom stereocenters. The molecule has 0 saturated carbocycles. The van der Waals surface area contributed by atoms with Gasteiger partial charge in [0.05, 0.1) is 0 Å². The van der Waals surface area contributed by atoms with Gasteiger partial charge >= 0.3 is 0 Å². The fourth-order valence-electron chi connectivity index (χ4n) is 0. The second-order valence-electron chi connectivity index (χ2n) is 0. The number of halogens is 1. The largest absolute Gasteiger partial charge is 1.00 e. The normalized spacial score (nSPS) is 0. The molecule has 0 bridgehead atoms. The van der Waals surface area contributed by atoms with E-state index in [0.29, 0.717) is 0 Å². The zero-order valence-corrected chi connectivity index (χ0v) is 6.92. The molecule has 4 radical (unpaired) electrons. The van der Waals surface area contributed by atoms with E-state index in [2.05, 4.69) is 0 Å². The fraction of sp³-hybridized carbons (Fsp3) is 1.00. The Kier molecular flexibility index (Phi) is 698. The van der Waals surface area contributed by atoms with Crippen LogP contribution in [0, 0.1) is 0 Å². The van der Waals surface area contributed by atoms with E-state index in [4.69, 9.17) is 0 Å².